The van der Waals surface area contributed by atoms with E-state index < -0.39 is 28.8 Å². The zero-order chi connectivity index (χ0) is 17.5. The number of rotatable bonds is 5. The predicted molar refractivity (Wildman–Crippen MR) is 88.6 cm³/mol. The van der Waals surface area contributed by atoms with Gasteiger partial charge < -0.3 is 5.32 Å². The van der Waals surface area contributed by atoms with E-state index in [9.17, 15) is 18.4 Å². The van der Waals surface area contributed by atoms with Crippen molar-refractivity contribution in [3.63, 3.8) is 0 Å². The molecule has 0 fully saturated rings. The SMILES string of the molecule is CCNC(=O)NC(=O)C(Sc1ccc(F)c(F)c1)c1ccccc1. The van der Waals surface area contributed by atoms with Gasteiger partial charge in [-0.1, -0.05) is 30.3 Å². The summed E-state index contributed by atoms with van der Waals surface area (Å²) >= 11 is 1.03. The van der Waals surface area contributed by atoms with Gasteiger partial charge in [-0.2, -0.15) is 0 Å². The summed E-state index contributed by atoms with van der Waals surface area (Å²) in [5.41, 5.74) is 0.647. The van der Waals surface area contributed by atoms with Crippen molar-refractivity contribution in [3.8, 4) is 0 Å². The smallest absolute Gasteiger partial charge is 0.321 e. The second kappa shape index (κ2) is 8.44. The molecular weight excluding hydrogens is 334 g/mol. The Morgan fingerprint density at radius 3 is 2.42 bits per heavy atom. The molecule has 4 nitrogen and oxygen atoms in total. The zero-order valence-electron chi connectivity index (χ0n) is 12.9. The minimum Gasteiger partial charge on any atom is -0.338 e. The first-order valence-corrected chi connectivity index (χ1v) is 8.14. The lowest BCUT2D eigenvalue weighted by Crippen LogP contribution is -2.41. The molecule has 0 saturated heterocycles. The molecule has 0 aliphatic heterocycles. The van der Waals surface area contributed by atoms with Gasteiger partial charge >= 0.3 is 6.03 Å². The molecule has 2 aromatic rings. The second-order valence-electron chi connectivity index (χ2n) is 4.83. The summed E-state index contributed by atoms with van der Waals surface area (Å²) in [6.07, 6.45) is 0. The first kappa shape index (κ1) is 17.9. The Labute approximate surface area is 142 Å². The van der Waals surface area contributed by atoms with Gasteiger partial charge in [-0.25, -0.2) is 13.6 Å². The van der Waals surface area contributed by atoms with Crippen LogP contribution in [0.15, 0.2) is 53.4 Å². The van der Waals surface area contributed by atoms with E-state index in [1.807, 2.05) is 0 Å². The first-order valence-electron chi connectivity index (χ1n) is 7.26. The standard InChI is InChI=1S/C17H16F2N2O2S/c1-2-20-17(23)21-16(22)15(11-6-4-3-5-7-11)24-12-8-9-13(18)14(19)10-12/h3-10,15H,2H2,1H3,(H2,20,21,22,23). The fourth-order valence-corrected chi connectivity index (χ4v) is 3.02. The van der Waals surface area contributed by atoms with Crippen LogP contribution in [0.4, 0.5) is 13.6 Å². The Hall–Kier alpha value is -2.41. The maximum atomic E-state index is 13.4. The van der Waals surface area contributed by atoms with Gasteiger partial charge in [-0.3, -0.25) is 10.1 Å². The highest BCUT2D eigenvalue weighted by Gasteiger charge is 2.24. The van der Waals surface area contributed by atoms with Crippen LogP contribution in [0.25, 0.3) is 0 Å². The Morgan fingerprint density at radius 1 is 1.08 bits per heavy atom. The number of thioether (sulfide) groups is 1. The van der Waals surface area contributed by atoms with Crippen LogP contribution in [0.2, 0.25) is 0 Å². The minimum absolute atomic E-state index is 0.380. The van der Waals surface area contributed by atoms with Crippen LogP contribution in [0.3, 0.4) is 0 Å². The number of carbonyl (C=O) groups is 2. The Bertz CT molecular complexity index is 726. The number of nitrogens with one attached hydrogen (secondary N) is 2. The highest BCUT2D eigenvalue weighted by molar-refractivity contribution is 8.00. The largest absolute Gasteiger partial charge is 0.338 e. The molecule has 1 atom stereocenters. The molecule has 0 aliphatic rings. The molecule has 2 aromatic carbocycles. The summed E-state index contributed by atoms with van der Waals surface area (Å²) in [7, 11) is 0. The van der Waals surface area contributed by atoms with Crippen LogP contribution < -0.4 is 10.6 Å². The fraction of sp³-hybridized carbons (Fsp3) is 0.176. The zero-order valence-corrected chi connectivity index (χ0v) is 13.7. The summed E-state index contributed by atoms with van der Waals surface area (Å²) in [5, 5.41) is 3.94. The third-order valence-corrected chi connectivity index (χ3v) is 4.31. The third-order valence-electron chi connectivity index (χ3n) is 3.06. The quantitative estimate of drug-likeness (QED) is 0.810. The van der Waals surface area contributed by atoms with Gasteiger partial charge in [0.05, 0.1) is 0 Å². The molecule has 24 heavy (non-hydrogen) atoms. The number of imide groups is 1. The van der Waals surface area contributed by atoms with Gasteiger partial charge in [0.2, 0.25) is 5.91 Å². The fourth-order valence-electron chi connectivity index (χ4n) is 1.97. The van der Waals surface area contributed by atoms with Crippen LogP contribution in [0.5, 0.6) is 0 Å². The van der Waals surface area contributed by atoms with Crippen molar-refractivity contribution in [1.29, 1.82) is 0 Å². The average Bonchev–Trinajstić information content (AvgIpc) is 2.56. The molecule has 0 saturated carbocycles. The normalized spacial score (nSPS) is 11.6. The maximum Gasteiger partial charge on any atom is 0.321 e. The van der Waals surface area contributed by atoms with Crippen molar-refractivity contribution in [2.45, 2.75) is 17.1 Å². The summed E-state index contributed by atoms with van der Waals surface area (Å²) < 4.78 is 26.4. The van der Waals surface area contributed by atoms with E-state index in [-0.39, 0.29) is 0 Å². The minimum atomic E-state index is -0.990. The maximum absolute atomic E-state index is 13.4. The van der Waals surface area contributed by atoms with Gasteiger partial charge in [0.25, 0.3) is 0 Å². The molecule has 3 amide bonds. The molecule has 0 bridgehead atoms. The van der Waals surface area contributed by atoms with Gasteiger partial charge in [0, 0.05) is 11.4 Å². The van der Waals surface area contributed by atoms with Gasteiger partial charge in [0.15, 0.2) is 11.6 Å². The molecular formula is C17H16F2N2O2S. The first-order chi connectivity index (χ1) is 11.5. The van der Waals surface area contributed by atoms with Crippen LogP contribution in [-0.2, 0) is 4.79 Å². The van der Waals surface area contributed by atoms with E-state index in [4.69, 9.17) is 0 Å². The van der Waals surface area contributed by atoms with Crippen molar-refractivity contribution in [1.82, 2.24) is 10.6 Å². The number of benzene rings is 2. The highest BCUT2D eigenvalue weighted by atomic mass is 32.2. The van der Waals surface area contributed by atoms with E-state index in [1.54, 1.807) is 37.3 Å². The van der Waals surface area contributed by atoms with Gasteiger partial charge in [-0.15, -0.1) is 11.8 Å². The molecule has 0 radical (unpaired) electrons. The van der Waals surface area contributed by atoms with E-state index in [0.29, 0.717) is 17.0 Å². The summed E-state index contributed by atoms with van der Waals surface area (Å²) in [6, 6.07) is 11.6. The van der Waals surface area contributed by atoms with Crippen molar-refractivity contribution >= 4 is 23.7 Å². The van der Waals surface area contributed by atoms with E-state index >= 15 is 0 Å². The number of halogens is 2. The van der Waals surface area contributed by atoms with E-state index in [0.717, 1.165) is 23.9 Å². The van der Waals surface area contributed by atoms with E-state index in [1.165, 1.54) is 6.07 Å². The Kier molecular flexibility index (Phi) is 6.31. The van der Waals surface area contributed by atoms with Crippen LogP contribution in [0.1, 0.15) is 17.7 Å². The summed E-state index contributed by atoms with van der Waals surface area (Å²) in [4.78, 5) is 24.4. The van der Waals surface area contributed by atoms with E-state index in [2.05, 4.69) is 10.6 Å². The van der Waals surface area contributed by atoms with Gasteiger partial charge in [0.1, 0.15) is 5.25 Å². The predicted octanol–water partition coefficient (Wildman–Crippen LogP) is 3.64. The third kappa shape index (κ3) is 4.79. The molecule has 0 heterocycles. The number of urea groups is 1. The topological polar surface area (TPSA) is 58.2 Å². The van der Waals surface area contributed by atoms with Crippen molar-refractivity contribution in [3.05, 3.63) is 65.7 Å². The van der Waals surface area contributed by atoms with Crippen LogP contribution >= 0.6 is 11.8 Å². The molecule has 126 valence electrons. The highest BCUT2D eigenvalue weighted by Crippen LogP contribution is 2.35. The monoisotopic (exact) mass is 350 g/mol. The molecule has 2 rings (SSSR count). The molecule has 0 aromatic heterocycles. The number of hydrogen-bond acceptors (Lipinski definition) is 3. The van der Waals surface area contributed by atoms with Crippen LogP contribution in [0, 0.1) is 11.6 Å². The molecule has 1 unspecified atom stereocenters. The van der Waals surface area contributed by atoms with Crippen molar-refractivity contribution in [2.24, 2.45) is 0 Å². The second-order valence-corrected chi connectivity index (χ2v) is 6.01. The number of amides is 3. The molecule has 0 spiro atoms. The lowest BCUT2D eigenvalue weighted by Gasteiger charge is -2.16. The Morgan fingerprint density at radius 2 is 1.79 bits per heavy atom. The molecule has 0 aliphatic carbocycles. The summed E-state index contributed by atoms with van der Waals surface area (Å²) in [5.74, 6) is -2.49. The van der Waals surface area contributed by atoms with Crippen molar-refractivity contribution < 1.29 is 18.4 Å². The number of hydrogen-bond donors (Lipinski definition) is 2. The van der Waals surface area contributed by atoms with Crippen LogP contribution in [-0.4, -0.2) is 18.5 Å². The summed E-state index contributed by atoms with van der Waals surface area (Å²) in [6.45, 7) is 2.11. The van der Waals surface area contributed by atoms with Crippen molar-refractivity contribution in [2.75, 3.05) is 6.54 Å². The molecule has 7 heteroatoms. The molecule has 2 N–H and O–H groups in total. The lowest BCUT2D eigenvalue weighted by atomic mass is 10.1. The number of carbonyl (C=O) groups excluding carboxylic acids is 2. The Balaban J connectivity index is 2.24. The lowest BCUT2D eigenvalue weighted by molar-refractivity contribution is -0.119. The average molecular weight is 350 g/mol. The van der Waals surface area contributed by atoms with Gasteiger partial charge in [-0.05, 0) is 30.7 Å².